The van der Waals surface area contributed by atoms with Gasteiger partial charge in [0, 0.05) is 13.2 Å². The van der Waals surface area contributed by atoms with E-state index < -0.39 is 0 Å². The lowest BCUT2D eigenvalue weighted by Gasteiger charge is -2.20. The lowest BCUT2D eigenvalue weighted by molar-refractivity contribution is 0.0887. The van der Waals surface area contributed by atoms with Gasteiger partial charge in [-0.05, 0) is 32.7 Å². The molecule has 0 aromatic rings. The molecule has 0 bridgehead atoms. The quantitative estimate of drug-likeness (QED) is 0.642. The van der Waals surface area contributed by atoms with Crippen LogP contribution >= 0.6 is 0 Å². The van der Waals surface area contributed by atoms with E-state index in [2.05, 4.69) is 19.2 Å². The van der Waals surface area contributed by atoms with Crippen molar-refractivity contribution < 1.29 is 4.74 Å². The number of nitrogens with one attached hydrogen (secondary N) is 1. The highest BCUT2D eigenvalue weighted by Gasteiger charge is 2.14. The van der Waals surface area contributed by atoms with E-state index in [0.29, 0.717) is 12.1 Å². The van der Waals surface area contributed by atoms with Crippen LogP contribution in [0.5, 0.6) is 0 Å². The van der Waals surface area contributed by atoms with E-state index in [-0.39, 0.29) is 0 Å². The first kappa shape index (κ1) is 14.0. The summed E-state index contributed by atoms with van der Waals surface area (Å²) in [6, 6.07) is 0.469. The molecule has 0 aliphatic heterocycles. The van der Waals surface area contributed by atoms with Crippen molar-refractivity contribution >= 4 is 0 Å². The normalized spacial score (nSPS) is 21.2. The Morgan fingerprint density at radius 2 is 1.88 bits per heavy atom. The second kappa shape index (κ2) is 8.08. The van der Waals surface area contributed by atoms with E-state index in [1.165, 1.54) is 44.9 Å². The second-order valence-electron chi connectivity index (χ2n) is 5.33. The van der Waals surface area contributed by atoms with E-state index in [1.54, 1.807) is 7.11 Å². The van der Waals surface area contributed by atoms with Crippen LogP contribution in [-0.2, 0) is 4.74 Å². The van der Waals surface area contributed by atoms with E-state index in [1.807, 2.05) is 0 Å². The van der Waals surface area contributed by atoms with Crippen molar-refractivity contribution in [3.8, 4) is 0 Å². The number of hydrogen-bond acceptors (Lipinski definition) is 2. The highest BCUT2D eigenvalue weighted by atomic mass is 16.5. The van der Waals surface area contributed by atoms with Crippen molar-refractivity contribution in [2.45, 2.75) is 70.9 Å². The van der Waals surface area contributed by atoms with Crippen molar-refractivity contribution in [3.05, 3.63) is 0 Å². The Kier molecular flexibility index (Phi) is 7.06. The van der Waals surface area contributed by atoms with Crippen LogP contribution < -0.4 is 5.32 Å². The fourth-order valence-electron chi connectivity index (χ4n) is 2.56. The summed E-state index contributed by atoms with van der Waals surface area (Å²) in [4.78, 5) is 0. The summed E-state index contributed by atoms with van der Waals surface area (Å²) >= 11 is 0. The first-order valence-corrected chi connectivity index (χ1v) is 7.00. The highest BCUT2D eigenvalue weighted by molar-refractivity contribution is 4.69. The van der Waals surface area contributed by atoms with Gasteiger partial charge in [-0.1, -0.05) is 38.5 Å². The maximum Gasteiger partial charge on any atom is 0.0693 e. The average molecular weight is 227 g/mol. The molecule has 96 valence electrons. The monoisotopic (exact) mass is 227 g/mol. The molecule has 0 spiro atoms. The third-order valence-electron chi connectivity index (χ3n) is 4.06. The maximum atomic E-state index is 5.29. The van der Waals surface area contributed by atoms with Crippen molar-refractivity contribution in [2.75, 3.05) is 13.7 Å². The van der Waals surface area contributed by atoms with Crippen LogP contribution in [0.3, 0.4) is 0 Å². The Morgan fingerprint density at radius 1 is 1.19 bits per heavy atom. The summed E-state index contributed by atoms with van der Waals surface area (Å²) in [5.41, 5.74) is 0. The molecule has 1 aliphatic carbocycles. The lowest BCUT2D eigenvalue weighted by atomic mass is 10.0. The van der Waals surface area contributed by atoms with Crippen molar-refractivity contribution in [3.63, 3.8) is 0 Å². The molecular weight excluding hydrogens is 198 g/mol. The molecule has 1 N–H and O–H groups in total. The first-order chi connectivity index (χ1) is 7.74. The fourth-order valence-corrected chi connectivity index (χ4v) is 2.56. The smallest absolute Gasteiger partial charge is 0.0693 e. The molecule has 1 rings (SSSR count). The number of methoxy groups -OCH3 is 1. The van der Waals surface area contributed by atoms with E-state index in [0.717, 1.165) is 12.5 Å². The Morgan fingerprint density at radius 3 is 2.50 bits per heavy atom. The summed E-state index contributed by atoms with van der Waals surface area (Å²) in [6.07, 6.45) is 10.4. The predicted molar refractivity (Wildman–Crippen MR) is 69.7 cm³/mol. The van der Waals surface area contributed by atoms with E-state index in [9.17, 15) is 0 Å². The van der Waals surface area contributed by atoms with Crippen molar-refractivity contribution in [2.24, 2.45) is 5.92 Å². The maximum absolute atomic E-state index is 5.29. The molecule has 0 heterocycles. The van der Waals surface area contributed by atoms with E-state index in [4.69, 9.17) is 4.74 Å². The van der Waals surface area contributed by atoms with E-state index >= 15 is 0 Å². The lowest BCUT2D eigenvalue weighted by Crippen LogP contribution is -2.37. The summed E-state index contributed by atoms with van der Waals surface area (Å²) in [5.74, 6) is 1.05. The molecule has 16 heavy (non-hydrogen) atoms. The summed E-state index contributed by atoms with van der Waals surface area (Å²) in [6.45, 7) is 5.46. The minimum absolute atomic E-state index is 0.315. The topological polar surface area (TPSA) is 21.3 Å². The molecule has 1 aliphatic rings. The fraction of sp³-hybridized carbons (Fsp3) is 1.00. The third kappa shape index (κ3) is 5.31. The van der Waals surface area contributed by atoms with Gasteiger partial charge < -0.3 is 10.1 Å². The average Bonchev–Trinajstić information content (AvgIpc) is 2.80. The van der Waals surface area contributed by atoms with Gasteiger partial charge in [-0.25, -0.2) is 0 Å². The van der Waals surface area contributed by atoms with Crippen LogP contribution in [0.4, 0.5) is 0 Å². The number of unbranched alkanes of at least 4 members (excludes halogenated alkanes) is 1. The standard InChI is InChI=1S/C14H29NO/c1-12(13(2)16-3)15-11-7-6-10-14-8-4-5-9-14/h12-15H,4-11H2,1-3H3. The molecule has 0 aromatic heterocycles. The molecule has 0 amide bonds. The molecule has 2 unspecified atom stereocenters. The summed E-state index contributed by atoms with van der Waals surface area (Å²) in [5, 5.41) is 3.53. The number of hydrogen-bond donors (Lipinski definition) is 1. The van der Waals surface area contributed by atoms with Gasteiger partial charge in [0.15, 0.2) is 0 Å². The second-order valence-corrected chi connectivity index (χ2v) is 5.33. The first-order valence-electron chi connectivity index (χ1n) is 7.00. The number of rotatable bonds is 8. The SMILES string of the molecule is COC(C)C(C)NCCCCC1CCCC1. The van der Waals surface area contributed by atoms with Gasteiger partial charge in [0.1, 0.15) is 0 Å². The van der Waals surface area contributed by atoms with Gasteiger partial charge in [0.05, 0.1) is 6.10 Å². The van der Waals surface area contributed by atoms with Gasteiger partial charge in [0.25, 0.3) is 0 Å². The molecule has 1 fully saturated rings. The summed E-state index contributed by atoms with van der Waals surface area (Å²) in [7, 11) is 1.78. The zero-order valence-electron chi connectivity index (χ0n) is 11.3. The predicted octanol–water partition coefficient (Wildman–Crippen LogP) is 3.36. The third-order valence-corrected chi connectivity index (χ3v) is 4.06. The minimum atomic E-state index is 0.315. The molecule has 2 atom stereocenters. The van der Waals surface area contributed by atoms with Gasteiger partial charge in [-0.3, -0.25) is 0 Å². The Labute approximate surface area is 101 Å². The van der Waals surface area contributed by atoms with Gasteiger partial charge >= 0.3 is 0 Å². The van der Waals surface area contributed by atoms with Crippen LogP contribution in [0, 0.1) is 5.92 Å². The van der Waals surface area contributed by atoms with Crippen LogP contribution in [0.1, 0.15) is 58.8 Å². The van der Waals surface area contributed by atoms with Crippen LogP contribution in [0.25, 0.3) is 0 Å². The Bertz CT molecular complexity index is 166. The van der Waals surface area contributed by atoms with Crippen LogP contribution in [0.2, 0.25) is 0 Å². The van der Waals surface area contributed by atoms with Crippen LogP contribution in [0.15, 0.2) is 0 Å². The Hall–Kier alpha value is -0.0800. The van der Waals surface area contributed by atoms with Gasteiger partial charge in [0.2, 0.25) is 0 Å². The molecular formula is C14H29NO. The van der Waals surface area contributed by atoms with Crippen molar-refractivity contribution in [1.29, 1.82) is 0 Å². The molecule has 2 heteroatoms. The summed E-state index contributed by atoms with van der Waals surface area (Å²) < 4.78 is 5.29. The van der Waals surface area contributed by atoms with Crippen LogP contribution in [-0.4, -0.2) is 25.8 Å². The number of ether oxygens (including phenoxy) is 1. The molecule has 0 aromatic carbocycles. The molecule has 1 saturated carbocycles. The van der Waals surface area contributed by atoms with Gasteiger partial charge in [-0.15, -0.1) is 0 Å². The molecule has 2 nitrogen and oxygen atoms in total. The zero-order chi connectivity index (χ0) is 11.8. The molecule has 0 radical (unpaired) electrons. The van der Waals surface area contributed by atoms with Gasteiger partial charge in [-0.2, -0.15) is 0 Å². The Balaban J connectivity index is 1.91. The highest BCUT2D eigenvalue weighted by Crippen LogP contribution is 2.28. The largest absolute Gasteiger partial charge is 0.380 e. The molecule has 0 saturated heterocycles. The van der Waals surface area contributed by atoms with Crippen molar-refractivity contribution in [1.82, 2.24) is 5.32 Å². The minimum Gasteiger partial charge on any atom is -0.380 e. The zero-order valence-corrected chi connectivity index (χ0v) is 11.3.